The van der Waals surface area contributed by atoms with Crippen LogP contribution in [-0.4, -0.2) is 27.5 Å². The van der Waals surface area contributed by atoms with Crippen molar-refractivity contribution < 1.29 is 9.59 Å². The molecule has 7 nitrogen and oxygen atoms in total. The van der Waals surface area contributed by atoms with Crippen LogP contribution in [0.15, 0.2) is 73.3 Å². The van der Waals surface area contributed by atoms with Crippen LogP contribution >= 0.6 is 0 Å². The number of para-hydroxylation sites is 1. The molecule has 3 rings (SSSR count). The number of carbonyl (C=O) groups excluding carboxylic acids is 2. The summed E-state index contributed by atoms with van der Waals surface area (Å²) in [6.07, 6.45) is 5.32. The average Bonchev–Trinajstić information content (AvgIpc) is 3.23. The Kier molecular flexibility index (Phi) is 6.06. The van der Waals surface area contributed by atoms with E-state index in [0.29, 0.717) is 5.69 Å². The maximum atomic E-state index is 12.4. The third-order valence-corrected chi connectivity index (χ3v) is 4.33. The molecule has 0 aliphatic rings. The zero-order chi connectivity index (χ0) is 19.9. The van der Waals surface area contributed by atoms with Crippen molar-refractivity contribution in [3.05, 3.63) is 78.9 Å². The van der Waals surface area contributed by atoms with Crippen LogP contribution in [0.25, 0.3) is 5.69 Å². The van der Waals surface area contributed by atoms with Crippen LogP contribution in [0.3, 0.4) is 0 Å². The lowest BCUT2D eigenvalue weighted by molar-refractivity contribution is -0.123. The van der Waals surface area contributed by atoms with Crippen molar-refractivity contribution in [2.24, 2.45) is 0 Å². The van der Waals surface area contributed by atoms with Gasteiger partial charge in [-0.2, -0.15) is 0 Å². The van der Waals surface area contributed by atoms with E-state index in [0.717, 1.165) is 11.3 Å². The fourth-order valence-electron chi connectivity index (χ4n) is 2.72. The Morgan fingerprint density at radius 2 is 1.68 bits per heavy atom. The minimum Gasteiger partial charge on any atom is -0.348 e. The predicted octanol–water partition coefficient (Wildman–Crippen LogP) is 3.26. The second-order valence-electron chi connectivity index (χ2n) is 6.48. The van der Waals surface area contributed by atoms with E-state index in [1.165, 1.54) is 0 Å². The Bertz CT molecular complexity index is 908. The lowest BCUT2D eigenvalue weighted by Gasteiger charge is -2.19. The first kappa shape index (κ1) is 19.2. The molecule has 1 aromatic heterocycles. The SMILES string of the molecule is C[C@H](NC(=O)[C@@H](C)NC(=O)Nc1ccccc1)c1ccc(-n2ccnc2)cc1. The maximum absolute atomic E-state index is 12.4. The number of rotatable bonds is 6. The maximum Gasteiger partial charge on any atom is 0.319 e. The molecule has 0 radical (unpaired) electrons. The normalized spacial score (nSPS) is 12.6. The van der Waals surface area contributed by atoms with Gasteiger partial charge in [-0.15, -0.1) is 0 Å². The fraction of sp³-hybridized carbons (Fsp3) is 0.190. The third-order valence-electron chi connectivity index (χ3n) is 4.33. The summed E-state index contributed by atoms with van der Waals surface area (Å²) in [5, 5.41) is 8.25. The smallest absolute Gasteiger partial charge is 0.319 e. The molecule has 2 atom stereocenters. The lowest BCUT2D eigenvalue weighted by atomic mass is 10.1. The second-order valence-corrected chi connectivity index (χ2v) is 6.48. The summed E-state index contributed by atoms with van der Waals surface area (Å²) >= 11 is 0. The van der Waals surface area contributed by atoms with E-state index in [2.05, 4.69) is 20.9 Å². The molecule has 0 saturated heterocycles. The van der Waals surface area contributed by atoms with Gasteiger partial charge in [-0.1, -0.05) is 30.3 Å². The monoisotopic (exact) mass is 377 g/mol. The molecule has 7 heteroatoms. The van der Waals surface area contributed by atoms with E-state index < -0.39 is 12.1 Å². The van der Waals surface area contributed by atoms with E-state index in [9.17, 15) is 9.59 Å². The number of amides is 3. The molecular formula is C21H23N5O2. The van der Waals surface area contributed by atoms with Crippen molar-refractivity contribution in [2.75, 3.05) is 5.32 Å². The number of nitrogens with zero attached hydrogens (tertiary/aromatic N) is 2. The van der Waals surface area contributed by atoms with E-state index in [1.54, 1.807) is 31.6 Å². The van der Waals surface area contributed by atoms with Crippen molar-refractivity contribution in [1.82, 2.24) is 20.2 Å². The highest BCUT2D eigenvalue weighted by Crippen LogP contribution is 2.16. The summed E-state index contributed by atoms with van der Waals surface area (Å²) in [4.78, 5) is 28.5. The van der Waals surface area contributed by atoms with Crippen molar-refractivity contribution in [3.63, 3.8) is 0 Å². The standard InChI is InChI=1S/C21H23N5O2/c1-15(17-8-10-19(11-9-17)26-13-12-22-14-26)23-20(27)16(2)24-21(28)25-18-6-4-3-5-7-18/h3-16H,1-2H3,(H,23,27)(H2,24,25,28)/t15-,16+/m0/s1. The molecule has 3 aromatic rings. The highest BCUT2D eigenvalue weighted by atomic mass is 16.2. The summed E-state index contributed by atoms with van der Waals surface area (Å²) in [6.45, 7) is 3.55. The van der Waals surface area contributed by atoms with Crippen LogP contribution < -0.4 is 16.0 Å². The third kappa shape index (κ3) is 4.97. The van der Waals surface area contributed by atoms with Gasteiger partial charge in [0.1, 0.15) is 6.04 Å². The largest absolute Gasteiger partial charge is 0.348 e. The Morgan fingerprint density at radius 1 is 0.964 bits per heavy atom. The molecule has 3 N–H and O–H groups in total. The predicted molar refractivity (Wildman–Crippen MR) is 108 cm³/mol. The molecule has 0 fully saturated rings. The lowest BCUT2D eigenvalue weighted by Crippen LogP contribution is -2.46. The first-order chi connectivity index (χ1) is 13.5. The number of aromatic nitrogens is 2. The molecule has 1 heterocycles. The summed E-state index contributed by atoms with van der Waals surface area (Å²) in [7, 11) is 0. The zero-order valence-corrected chi connectivity index (χ0v) is 15.8. The Labute approximate surface area is 163 Å². The fourth-order valence-corrected chi connectivity index (χ4v) is 2.72. The van der Waals surface area contributed by atoms with Crippen molar-refractivity contribution >= 4 is 17.6 Å². The minimum atomic E-state index is -0.670. The number of urea groups is 1. The summed E-state index contributed by atoms with van der Waals surface area (Å²) in [6, 6.07) is 15.6. The average molecular weight is 377 g/mol. The van der Waals surface area contributed by atoms with Crippen molar-refractivity contribution in [2.45, 2.75) is 25.9 Å². The van der Waals surface area contributed by atoms with Crippen molar-refractivity contribution in [3.8, 4) is 5.69 Å². The van der Waals surface area contributed by atoms with Crippen molar-refractivity contribution in [1.29, 1.82) is 0 Å². The first-order valence-electron chi connectivity index (χ1n) is 9.04. The van der Waals surface area contributed by atoms with Gasteiger partial charge in [-0.25, -0.2) is 9.78 Å². The van der Waals surface area contributed by atoms with Crippen LogP contribution in [0.5, 0.6) is 0 Å². The Morgan fingerprint density at radius 3 is 2.32 bits per heavy atom. The highest BCUT2D eigenvalue weighted by molar-refractivity contribution is 5.93. The van der Waals surface area contributed by atoms with Gasteiger partial charge >= 0.3 is 6.03 Å². The van der Waals surface area contributed by atoms with Gasteiger partial charge < -0.3 is 20.5 Å². The van der Waals surface area contributed by atoms with Gasteiger partial charge in [0.25, 0.3) is 0 Å². The molecule has 0 bridgehead atoms. The number of carbonyl (C=O) groups is 2. The molecule has 3 amide bonds. The Hall–Kier alpha value is -3.61. The number of hydrogen-bond acceptors (Lipinski definition) is 3. The van der Waals surface area contributed by atoms with Crippen LogP contribution in [0.2, 0.25) is 0 Å². The van der Waals surface area contributed by atoms with Gasteiger partial charge in [0.15, 0.2) is 0 Å². The van der Waals surface area contributed by atoms with Crippen LogP contribution in [0.1, 0.15) is 25.5 Å². The topological polar surface area (TPSA) is 88.0 Å². The van der Waals surface area contributed by atoms with Gasteiger partial charge in [0.05, 0.1) is 12.4 Å². The zero-order valence-electron chi connectivity index (χ0n) is 15.8. The molecule has 2 aromatic carbocycles. The molecule has 0 unspecified atom stereocenters. The van der Waals surface area contributed by atoms with Gasteiger partial charge in [-0.05, 0) is 43.7 Å². The molecule has 0 aliphatic carbocycles. The van der Waals surface area contributed by atoms with E-state index in [-0.39, 0.29) is 11.9 Å². The molecule has 0 aliphatic heterocycles. The second kappa shape index (κ2) is 8.85. The number of imidazole rings is 1. The van der Waals surface area contributed by atoms with Crippen LogP contribution in [0.4, 0.5) is 10.5 Å². The molecule has 0 spiro atoms. The molecular weight excluding hydrogens is 354 g/mol. The quantitative estimate of drug-likeness (QED) is 0.616. The summed E-state index contributed by atoms with van der Waals surface area (Å²) in [5.74, 6) is -0.255. The Balaban J connectivity index is 1.52. The van der Waals surface area contributed by atoms with Crippen LogP contribution in [-0.2, 0) is 4.79 Å². The number of nitrogens with one attached hydrogen (secondary N) is 3. The van der Waals surface area contributed by atoms with Gasteiger partial charge in [-0.3, -0.25) is 4.79 Å². The molecule has 144 valence electrons. The van der Waals surface area contributed by atoms with Gasteiger partial charge in [0.2, 0.25) is 5.91 Å². The first-order valence-corrected chi connectivity index (χ1v) is 9.04. The number of hydrogen-bond donors (Lipinski definition) is 3. The minimum absolute atomic E-state index is 0.189. The van der Waals surface area contributed by atoms with E-state index >= 15 is 0 Å². The molecule has 0 saturated carbocycles. The highest BCUT2D eigenvalue weighted by Gasteiger charge is 2.18. The summed E-state index contributed by atoms with van der Waals surface area (Å²) < 4.78 is 1.91. The molecule has 28 heavy (non-hydrogen) atoms. The van der Waals surface area contributed by atoms with E-state index in [4.69, 9.17) is 0 Å². The van der Waals surface area contributed by atoms with Gasteiger partial charge in [0, 0.05) is 23.8 Å². The van der Waals surface area contributed by atoms with Crippen LogP contribution in [0, 0.1) is 0 Å². The number of benzene rings is 2. The van der Waals surface area contributed by atoms with E-state index in [1.807, 2.05) is 60.2 Å². The number of anilines is 1. The summed E-state index contributed by atoms with van der Waals surface area (Å²) in [5.41, 5.74) is 2.63.